The molecule has 4 aromatic carbocycles. The van der Waals surface area contributed by atoms with Crippen molar-refractivity contribution in [2.45, 2.75) is 45.3 Å². The first kappa shape index (κ1) is 24.4. The van der Waals surface area contributed by atoms with Crippen LogP contribution in [0.2, 0.25) is 0 Å². The average molecular weight is 464 g/mol. The number of aryl methyl sites for hydroxylation is 1. The number of benzene rings is 4. The molecule has 0 radical (unpaired) electrons. The number of rotatable bonds is 10. The smallest absolute Gasteiger partial charge is 0.305 e. The second kappa shape index (κ2) is 11.6. The minimum atomic E-state index is -0.794. The van der Waals surface area contributed by atoms with Crippen molar-refractivity contribution in [3.8, 4) is 0 Å². The van der Waals surface area contributed by atoms with Gasteiger partial charge >= 0.3 is 5.97 Å². The Morgan fingerprint density at radius 2 is 1.31 bits per heavy atom. The lowest BCUT2D eigenvalue weighted by molar-refractivity contribution is -0.138. The first-order valence-electron chi connectivity index (χ1n) is 12.2. The molecule has 4 rings (SSSR count). The Hall–Kier alpha value is -3.69. The fourth-order valence-corrected chi connectivity index (χ4v) is 4.79. The molecule has 0 saturated heterocycles. The molecule has 178 valence electrons. The minimum absolute atomic E-state index is 0.0396. The van der Waals surface area contributed by atoms with Crippen LogP contribution in [0.3, 0.4) is 0 Å². The fraction of sp³-hybridized carbons (Fsp3) is 0.219. The first-order valence-corrected chi connectivity index (χ1v) is 12.2. The SMILES string of the molecule is Cc1cccc(Cc2cccc(C(CC(=O)O)N(Cc3ccccc3)[C@H](C)c3ccccc3)c2)c1. The predicted octanol–water partition coefficient (Wildman–Crippen LogP) is 7.37. The van der Waals surface area contributed by atoms with E-state index < -0.39 is 5.97 Å². The van der Waals surface area contributed by atoms with Gasteiger partial charge in [-0.3, -0.25) is 9.69 Å². The van der Waals surface area contributed by atoms with Crippen molar-refractivity contribution in [1.82, 2.24) is 4.90 Å². The van der Waals surface area contributed by atoms with Crippen molar-refractivity contribution in [2.75, 3.05) is 0 Å². The Morgan fingerprint density at radius 1 is 0.743 bits per heavy atom. The van der Waals surface area contributed by atoms with Gasteiger partial charge in [-0.1, -0.05) is 115 Å². The summed E-state index contributed by atoms with van der Waals surface area (Å²) in [6, 6.07) is 37.4. The molecule has 0 aliphatic rings. The summed E-state index contributed by atoms with van der Waals surface area (Å²) in [7, 11) is 0. The number of carboxylic acid groups (broad SMARTS) is 1. The summed E-state index contributed by atoms with van der Waals surface area (Å²) in [5, 5.41) is 9.92. The summed E-state index contributed by atoms with van der Waals surface area (Å²) in [5.74, 6) is -0.794. The Labute approximate surface area is 208 Å². The summed E-state index contributed by atoms with van der Waals surface area (Å²) >= 11 is 0. The van der Waals surface area contributed by atoms with Crippen LogP contribution >= 0.6 is 0 Å². The number of aliphatic carboxylic acids is 1. The summed E-state index contributed by atoms with van der Waals surface area (Å²) < 4.78 is 0. The van der Waals surface area contributed by atoms with Crippen LogP contribution in [0.1, 0.15) is 58.8 Å². The highest BCUT2D eigenvalue weighted by atomic mass is 16.4. The quantitative estimate of drug-likeness (QED) is 0.267. The summed E-state index contributed by atoms with van der Waals surface area (Å²) in [4.78, 5) is 14.4. The fourth-order valence-electron chi connectivity index (χ4n) is 4.79. The van der Waals surface area contributed by atoms with E-state index in [1.165, 1.54) is 27.8 Å². The summed E-state index contributed by atoms with van der Waals surface area (Å²) in [5.41, 5.74) is 7.08. The molecule has 35 heavy (non-hydrogen) atoms. The highest BCUT2D eigenvalue weighted by molar-refractivity contribution is 5.68. The molecule has 0 heterocycles. The predicted molar refractivity (Wildman–Crippen MR) is 142 cm³/mol. The number of carboxylic acids is 1. The lowest BCUT2D eigenvalue weighted by atomic mass is 9.94. The second-order valence-electron chi connectivity index (χ2n) is 9.27. The van der Waals surface area contributed by atoms with Gasteiger partial charge in [0, 0.05) is 18.6 Å². The third kappa shape index (κ3) is 6.68. The largest absolute Gasteiger partial charge is 0.481 e. The zero-order valence-corrected chi connectivity index (χ0v) is 20.5. The van der Waals surface area contributed by atoms with Gasteiger partial charge in [-0.2, -0.15) is 0 Å². The molecule has 0 saturated carbocycles. The molecule has 0 aliphatic heterocycles. The first-order chi connectivity index (χ1) is 17.0. The Bertz CT molecular complexity index is 1240. The maximum atomic E-state index is 12.1. The van der Waals surface area contributed by atoms with Crippen LogP contribution in [0.4, 0.5) is 0 Å². The number of nitrogens with zero attached hydrogens (tertiary/aromatic N) is 1. The highest BCUT2D eigenvalue weighted by Crippen LogP contribution is 2.35. The van der Waals surface area contributed by atoms with Crippen LogP contribution in [0.15, 0.2) is 109 Å². The van der Waals surface area contributed by atoms with Gasteiger partial charge in [-0.25, -0.2) is 0 Å². The van der Waals surface area contributed by atoms with Gasteiger partial charge in [0.25, 0.3) is 0 Å². The number of hydrogen-bond acceptors (Lipinski definition) is 2. The topological polar surface area (TPSA) is 40.5 Å². The minimum Gasteiger partial charge on any atom is -0.481 e. The van der Waals surface area contributed by atoms with Crippen molar-refractivity contribution < 1.29 is 9.90 Å². The summed E-state index contributed by atoms with van der Waals surface area (Å²) in [6.45, 7) is 4.94. The molecular weight excluding hydrogens is 430 g/mol. The van der Waals surface area contributed by atoms with Crippen LogP contribution in [0, 0.1) is 6.92 Å². The van der Waals surface area contributed by atoms with Gasteiger partial charge in [0.15, 0.2) is 0 Å². The van der Waals surface area contributed by atoms with E-state index in [9.17, 15) is 9.90 Å². The molecule has 1 unspecified atom stereocenters. The van der Waals surface area contributed by atoms with Gasteiger partial charge in [-0.05, 0) is 48.1 Å². The lowest BCUT2D eigenvalue weighted by Gasteiger charge is -2.37. The van der Waals surface area contributed by atoms with Crippen molar-refractivity contribution in [3.63, 3.8) is 0 Å². The molecule has 0 spiro atoms. The average Bonchev–Trinajstić information content (AvgIpc) is 2.87. The van der Waals surface area contributed by atoms with E-state index in [0.717, 1.165) is 12.0 Å². The lowest BCUT2D eigenvalue weighted by Crippen LogP contribution is -2.32. The Morgan fingerprint density at radius 3 is 1.97 bits per heavy atom. The highest BCUT2D eigenvalue weighted by Gasteiger charge is 2.28. The van der Waals surface area contributed by atoms with Gasteiger partial charge in [-0.15, -0.1) is 0 Å². The van der Waals surface area contributed by atoms with E-state index in [1.807, 2.05) is 36.4 Å². The zero-order chi connectivity index (χ0) is 24.6. The Balaban J connectivity index is 1.72. The zero-order valence-electron chi connectivity index (χ0n) is 20.5. The van der Waals surface area contributed by atoms with Gasteiger partial charge < -0.3 is 5.11 Å². The molecule has 0 aliphatic carbocycles. The van der Waals surface area contributed by atoms with Crippen LogP contribution < -0.4 is 0 Å². The molecular formula is C32H33NO2. The maximum Gasteiger partial charge on any atom is 0.305 e. The Kier molecular flexibility index (Phi) is 8.12. The van der Waals surface area contributed by atoms with Gasteiger partial charge in [0.05, 0.1) is 6.42 Å². The second-order valence-corrected chi connectivity index (χ2v) is 9.27. The van der Waals surface area contributed by atoms with E-state index in [2.05, 4.69) is 91.5 Å². The number of hydrogen-bond donors (Lipinski definition) is 1. The molecule has 0 aromatic heterocycles. The van der Waals surface area contributed by atoms with E-state index in [-0.39, 0.29) is 18.5 Å². The number of carbonyl (C=O) groups is 1. The summed E-state index contributed by atoms with van der Waals surface area (Å²) in [6.07, 6.45) is 0.861. The molecule has 3 heteroatoms. The molecule has 3 nitrogen and oxygen atoms in total. The molecule has 0 bridgehead atoms. The molecule has 2 atom stereocenters. The molecule has 0 fully saturated rings. The van der Waals surface area contributed by atoms with Crippen LogP contribution in [0.5, 0.6) is 0 Å². The van der Waals surface area contributed by atoms with Crippen molar-refractivity contribution in [2.24, 2.45) is 0 Å². The van der Waals surface area contributed by atoms with Gasteiger partial charge in [0.1, 0.15) is 0 Å². The van der Waals surface area contributed by atoms with Crippen LogP contribution in [-0.4, -0.2) is 16.0 Å². The van der Waals surface area contributed by atoms with E-state index in [1.54, 1.807) is 0 Å². The normalized spacial score (nSPS) is 12.9. The van der Waals surface area contributed by atoms with Gasteiger partial charge in [0.2, 0.25) is 0 Å². The van der Waals surface area contributed by atoms with E-state index in [4.69, 9.17) is 0 Å². The third-order valence-corrected chi connectivity index (χ3v) is 6.58. The maximum absolute atomic E-state index is 12.1. The monoisotopic (exact) mass is 463 g/mol. The van der Waals surface area contributed by atoms with E-state index >= 15 is 0 Å². The molecule has 4 aromatic rings. The van der Waals surface area contributed by atoms with Crippen LogP contribution in [-0.2, 0) is 17.8 Å². The standard InChI is InChI=1S/C32H33NO2/c1-24-11-9-14-27(19-24)20-28-15-10-18-30(21-28)31(22-32(34)35)33(23-26-12-5-3-6-13-26)25(2)29-16-7-4-8-17-29/h3-19,21,25,31H,20,22-23H2,1-2H3,(H,34,35)/t25-,31?/m1/s1. The van der Waals surface area contributed by atoms with Crippen molar-refractivity contribution in [1.29, 1.82) is 0 Å². The van der Waals surface area contributed by atoms with Crippen LogP contribution in [0.25, 0.3) is 0 Å². The third-order valence-electron chi connectivity index (χ3n) is 6.58. The van der Waals surface area contributed by atoms with Crippen molar-refractivity contribution in [3.05, 3.63) is 143 Å². The molecule has 0 amide bonds. The molecule has 1 N–H and O–H groups in total. The van der Waals surface area contributed by atoms with E-state index in [0.29, 0.717) is 6.54 Å². The van der Waals surface area contributed by atoms with Crippen molar-refractivity contribution >= 4 is 5.97 Å².